The molecule has 1 saturated heterocycles. The Morgan fingerprint density at radius 3 is 2.55 bits per heavy atom. The van der Waals surface area contributed by atoms with Gasteiger partial charge in [-0.2, -0.15) is 0 Å². The van der Waals surface area contributed by atoms with Crippen molar-refractivity contribution in [3.8, 4) is 0 Å². The van der Waals surface area contributed by atoms with E-state index in [4.69, 9.17) is 0 Å². The summed E-state index contributed by atoms with van der Waals surface area (Å²) in [5.74, 6) is -0.826. The molecule has 1 fully saturated rings. The molecule has 124 valence electrons. The van der Waals surface area contributed by atoms with Gasteiger partial charge in [0, 0.05) is 11.9 Å². The van der Waals surface area contributed by atoms with E-state index in [1.807, 2.05) is 6.92 Å². The number of imidazole rings is 1. The van der Waals surface area contributed by atoms with Gasteiger partial charge in [-0.15, -0.1) is 0 Å². The highest BCUT2D eigenvalue weighted by Gasteiger charge is 2.32. The van der Waals surface area contributed by atoms with Crippen LogP contribution in [0.1, 0.15) is 19.5 Å². The van der Waals surface area contributed by atoms with Crippen molar-refractivity contribution in [1.82, 2.24) is 9.55 Å². The van der Waals surface area contributed by atoms with E-state index in [0.717, 1.165) is 5.69 Å². The summed E-state index contributed by atoms with van der Waals surface area (Å²) in [6.45, 7) is 6.78. The summed E-state index contributed by atoms with van der Waals surface area (Å²) >= 11 is 0. The molecule has 0 spiro atoms. The number of hydrogen-bond acceptors (Lipinski definition) is 7. The van der Waals surface area contributed by atoms with Gasteiger partial charge in [-0.05, 0) is 20.8 Å². The molecule has 0 saturated carbocycles. The van der Waals surface area contributed by atoms with Crippen LogP contribution in [0.5, 0.6) is 0 Å². The van der Waals surface area contributed by atoms with E-state index in [-0.39, 0.29) is 25.2 Å². The molecule has 0 amide bonds. The highest BCUT2D eigenvalue weighted by atomic mass is 16.6. The Hall–Kier alpha value is -1.93. The van der Waals surface area contributed by atoms with Crippen LogP contribution in [-0.2, 0) is 30.3 Å². The zero-order valence-electron chi connectivity index (χ0n) is 13.0. The highest BCUT2D eigenvalue weighted by Crippen LogP contribution is 2.09. The molecule has 1 aromatic rings. The molecular formula is C14H22N2O6. The first-order chi connectivity index (χ1) is 10.5. The van der Waals surface area contributed by atoms with Gasteiger partial charge in [-0.25, -0.2) is 14.6 Å². The lowest BCUT2D eigenvalue weighted by Gasteiger charge is -2.11. The maximum absolute atomic E-state index is 11.1. The van der Waals surface area contributed by atoms with Crippen molar-refractivity contribution in [3.63, 3.8) is 0 Å². The standard InChI is InChI=1S/C9H14N2O3.C5H8O3/c1-3-14-9(13)8(12)5-11-6-10-4-7(11)2;1-2-7-5(6)4-3-8-4/h4,6,8,12H,3,5H2,1-2H3;4H,2-3H2,1H3. The Bertz CT molecular complexity index is 483. The van der Waals surface area contributed by atoms with E-state index in [1.165, 1.54) is 0 Å². The number of ether oxygens (including phenoxy) is 3. The van der Waals surface area contributed by atoms with Crippen molar-refractivity contribution < 1.29 is 28.9 Å². The van der Waals surface area contributed by atoms with Crippen LogP contribution in [0.3, 0.4) is 0 Å². The molecule has 2 heterocycles. The number of epoxide rings is 1. The number of aliphatic hydroxyl groups is 1. The van der Waals surface area contributed by atoms with Crippen LogP contribution in [-0.4, -0.2) is 58.6 Å². The van der Waals surface area contributed by atoms with Gasteiger partial charge in [-0.1, -0.05) is 0 Å². The van der Waals surface area contributed by atoms with Gasteiger partial charge in [-0.3, -0.25) is 0 Å². The Balaban J connectivity index is 0.000000255. The lowest BCUT2D eigenvalue weighted by molar-refractivity contribution is -0.153. The van der Waals surface area contributed by atoms with Gasteiger partial charge < -0.3 is 23.9 Å². The van der Waals surface area contributed by atoms with Crippen molar-refractivity contribution >= 4 is 11.9 Å². The fraction of sp³-hybridized carbons (Fsp3) is 0.643. The SMILES string of the molecule is CCOC(=O)C(O)Cn1cncc1C.CCOC(=O)C1CO1. The van der Waals surface area contributed by atoms with Crippen LogP contribution >= 0.6 is 0 Å². The van der Waals surface area contributed by atoms with E-state index >= 15 is 0 Å². The topological polar surface area (TPSA) is 103 Å². The molecular weight excluding hydrogens is 292 g/mol. The molecule has 0 aromatic carbocycles. The van der Waals surface area contributed by atoms with Crippen LogP contribution in [0.15, 0.2) is 12.5 Å². The predicted molar refractivity (Wildman–Crippen MR) is 76.0 cm³/mol. The summed E-state index contributed by atoms with van der Waals surface area (Å²) in [7, 11) is 0. The number of rotatable bonds is 6. The third-order valence-electron chi connectivity index (χ3n) is 2.73. The largest absolute Gasteiger partial charge is 0.464 e. The number of aryl methyl sites for hydroxylation is 1. The molecule has 1 aromatic heterocycles. The van der Waals surface area contributed by atoms with Gasteiger partial charge in [0.15, 0.2) is 12.2 Å². The number of carbonyl (C=O) groups is 2. The fourth-order valence-corrected chi connectivity index (χ4v) is 1.50. The summed E-state index contributed by atoms with van der Waals surface area (Å²) in [4.78, 5) is 25.4. The Morgan fingerprint density at radius 2 is 2.09 bits per heavy atom. The Morgan fingerprint density at radius 1 is 1.45 bits per heavy atom. The number of carbonyl (C=O) groups excluding carboxylic acids is 2. The monoisotopic (exact) mass is 314 g/mol. The summed E-state index contributed by atoms with van der Waals surface area (Å²) in [5, 5.41) is 9.42. The maximum Gasteiger partial charge on any atom is 0.337 e. The first-order valence-electron chi connectivity index (χ1n) is 7.09. The molecule has 0 bridgehead atoms. The third-order valence-corrected chi connectivity index (χ3v) is 2.73. The third kappa shape index (κ3) is 6.23. The average Bonchev–Trinajstić information content (AvgIpc) is 3.26. The van der Waals surface area contributed by atoms with E-state index in [9.17, 15) is 14.7 Å². The molecule has 8 heteroatoms. The Labute approximate surface area is 129 Å². The lowest BCUT2D eigenvalue weighted by Crippen LogP contribution is -2.28. The smallest absolute Gasteiger partial charge is 0.337 e. The fourth-order valence-electron chi connectivity index (χ4n) is 1.50. The molecule has 2 atom stereocenters. The van der Waals surface area contributed by atoms with Crippen LogP contribution in [0.25, 0.3) is 0 Å². The van der Waals surface area contributed by atoms with Crippen molar-refractivity contribution in [2.75, 3.05) is 19.8 Å². The first kappa shape index (κ1) is 18.1. The molecule has 8 nitrogen and oxygen atoms in total. The van der Waals surface area contributed by atoms with Gasteiger partial charge in [0.1, 0.15) is 0 Å². The molecule has 0 aliphatic carbocycles. The zero-order chi connectivity index (χ0) is 16.5. The molecule has 1 aliphatic heterocycles. The number of esters is 2. The van der Waals surface area contributed by atoms with Crippen molar-refractivity contribution in [2.45, 2.75) is 39.5 Å². The average molecular weight is 314 g/mol. The summed E-state index contributed by atoms with van der Waals surface area (Å²) in [6.07, 6.45) is 1.87. The second-order valence-corrected chi connectivity index (χ2v) is 4.53. The number of aliphatic hydroxyl groups excluding tert-OH is 1. The lowest BCUT2D eigenvalue weighted by atomic mass is 10.3. The molecule has 1 N–H and O–H groups in total. The minimum atomic E-state index is -1.12. The van der Waals surface area contributed by atoms with E-state index in [1.54, 1.807) is 30.9 Å². The molecule has 1 aliphatic rings. The maximum atomic E-state index is 11.1. The van der Waals surface area contributed by atoms with Gasteiger partial charge in [0.25, 0.3) is 0 Å². The summed E-state index contributed by atoms with van der Waals surface area (Å²) in [5.41, 5.74) is 0.897. The molecule has 0 radical (unpaired) electrons. The highest BCUT2D eigenvalue weighted by molar-refractivity contribution is 5.76. The minimum Gasteiger partial charge on any atom is -0.464 e. The first-order valence-corrected chi connectivity index (χ1v) is 7.09. The predicted octanol–water partition coefficient (Wildman–Crippen LogP) is 0.0638. The summed E-state index contributed by atoms with van der Waals surface area (Å²) < 4.78 is 15.6. The van der Waals surface area contributed by atoms with Crippen molar-refractivity contribution in [3.05, 3.63) is 18.2 Å². The second-order valence-electron chi connectivity index (χ2n) is 4.53. The molecule has 2 unspecified atom stereocenters. The van der Waals surface area contributed by atoms with E-state index < -0.39 is 12.1 Å². The van der Waals surface area contributed by atoms with Crippen LogP contribution in [0, 0.1) is 6.92 Å². The normalized spacial score (nSPS) is 17.0. The van der Waals surface area contributed by atoms with E-state index in [2.05, 4.69) is 19.2 Å². The summed E-state index contributed by atoms with van der Waals surface area (Å²) in [6, 6.07) is 0. The van der Waals surface area contributed by atoms with Crippen LogP contribution in [0.2, 0.25) is 0 Å². The minimum absolute atomic E-state index is 0.185. The van der Waals surface area contributed by atoms with Crippen molar-refractivity contribution in [2.24, 2.45) is 0 Å². The quantitative estimate of drug-likeness (QED) is 0.585. The van der Waals surface area contributed by atoms with Gasteiger partial charge in [0.05, 0.1) is 32.7 Å². The Kier molecular flexibility index (Phi) is 7.55. The van der Waals surface area contributed by atoms with Crippen LogP contribution in [0.4, 0.5) is 0 Å². The van der Waals surface area contributed by atoms with Crippen LogP contribution < -0.4 is 0 Å². The van der Waals surface area contributed by atoms with Gasteiger partial charge in [0.2, 0.25) is 0 Å². The number of aromatic nitrogens is 2. The molecule has 2 rings (SSSR count). The number of hydrogen-bond donors (Lipinski definition) is 1. The molecule has 22 heavy (non-hydrogen) atoms. The number of nitrogens with zero attached hydrogens (tertiary/aromatic N) is 2. The van der Waals surface area contributed by atoms with Gasteiger partial charge >= 0.3 is 11.9 Å². The van der Waals surface area contributed by atoms with E-state index in [0.29, 0.717) is 13.2 Å². The zero-order valence-corrected chi connectivity index (χ0v) is 13.0. The second kappa shape index (κ2) is 9.16. The van der Waals surface area contributed by atoms with Crippen molar-refractivity contribution in [1.29, 1.82) is 0 Å².